The van der Waals surface area contributed by atoms with E-state index in [0.717, 1.165) is 4.68 Å². The van der Waals surface area contributed by atoms with Gasteiger partial charge in [-0.1, -0.05) is 29.3 Å². The highest BCUT2D eigenvalue weighted by Gasteiger charge is 2.39. The first-order valence-corrected chi connectivity index (χ1v) is 7.57. The van der Waals surface area contributed by atoms with Gasteiger partial charge >= 0.3 is 5.97 Å². The number of carbonyl (C=O) groups is 3. The normalized spacial score (nSPS) is 13.0. The van der Waals surface area contributed by atoms with Crippen LogP contribution in [-0.4, -0.2) is 32.6 Å². The predicted octanol–water partition coefficient (Wildman–Crippen LogP) is 2.38. The Kier molecular flexibility index (Phi) is 3.58. The van der Waals surface area contributed by atoms with E-state index in [2.05, 4.69) is 5.10 Å². The molecule has 1 aliphatic heterocycles. The number of amides is 2. The Bertz CT molecular complexity index is 1020. The lowest BCUT2D eigenvalue weighted by atomic mass is 10.1. The van der Waals surface area contributed by atoms with Gasteiger partial charge in [0.05, 0.1) is 11.1 Å². The zero-order valence-electron chi connectivity index (χ0n) is 13.1. The molecule has 0 aliphatic carbocycles. The van der Waals surface area contributed by atoms with Gasteiger partial charge in [0.25, 0.3) is 11.8 Å². The third kappa shape index (κ3) is 2.44. The number of hydrogen-bond acceptors (Lipinski definition) is 5. The third-order valence-corrected chi connectivity index (χ3v) is 3.83. The van der Waals surface area contributed by atoms with E-state index >= 15 is 0 Å². The number of para-hydroxylation sites is 1. The third-order valence-electron chi connectivity index (χ3n) is 3.83. The van der Waals surface area contributed by atoms with Gasteiger partial charge in [-0.05, 0) is 30.3 Å². The van der Waals surface area contributed by atoms with Crippen molar-refractivity contribution in [2.75, 3.05) is 0 Å². The maximum atomic E-state index is 13.8. The molecular weight excluding hydrogens is 341 g/mol. The zero-order chi connectivity index (χ0) is 18.3. The lowest BCUT2D eigenvalue weighted by molar-refractivity contribution is -0.0588. The number of fused-ring (bicyclic) bond motifs is 1. The summed E-state index contributed by atoms with van der Waals surface area (Å²) in [4.78, 5) is 41.5. The molecule has 0 bridgehead atoms. The minimum atomic E-state index is -1.01. The SMILES string of the molecule is O=C(ON1C(=O)c2ccccc2C1=O)c1ccn(-c2ccccc2F)n1. The highest BCUT2D eigenvalue weighted by molar-refractivity contribution is 6.21. The van der Waals surface area contributed by atoms with Gasteiger partial charge in [0.15, 0.2) is 5.69 Å². The van der Waals surface area contributed by atoms with E-state index in [9.17, 15) is 18.8 Å². The van der Waals surface area contributed by atoms with Crippen LogP contribution in [0.25, 0.3) is 5.69 Å². The first kappa shape index (κ1) is 15.7. The Labute approximate surface area is 146 Å². The Morgan fingerprint density at radius 1 is 0.923 bits per heavy atom. The van der Waals surface area contributed by atoms with Crippen molar-refractivity contribution in [2.45, 2.75) is 0 Å². The number of hydroxylamine groups is 2. The molecule has 1 aliphatic rings. The Morgan fingerprint density at radius 3 is 2.19 bits per heavy atom. The van der Waals surface area contributed by atoms with Crippen LogP contribution >= 0.6 is 0 Å². The van der Waals surface area contributed by atoms with Gasteiger partial charge in [-0.25, -0.2) is 13.9 Å². The molecule has 1 aromatic heterocycles. The van der Waals surface area contributed by atoms with Crippen LogP contribution in [-0.2, 0) is 4.84 Å². The summed E-state index contributed by atoms with van der Waals surface area (Å²) in [6.45, 7) is 0. The van der Waals surface area contributed by atoms with E-state index in [-0.39, 0.29) is 22.5 Å². The number of aromatic nitrogens is 2. The summed E-state index contributed by atoms with van der Waals surface area (Å²) in [7, 11) is 0. The van der Waals surface area contributed by atoms with Crippen molar-refractivity contribution < 1.29 is 23.6 Å². The largest absolute Gasteiger partial charge is 0.384 e. The first-order valence-electron chi connectivity index (χ1n) is 7.57. The minimum Gasteiger partial charge on any atom is -0.322 e. The van der Waals surface area contributed by atoms with Gasteiger partial charge < -0.3 is 4.84 Å². The van der Waals surface area contributed by atoms with Crippen LogP contribution in [0.4, 0.5) is 4.39 Å². The molecule has 2 aromatic carbocycles. The molecule has 128 valence electrons. The molecule has 26 heavy (non-hydrogen) atoms. The van der Waals surface area contributed by atoms with E-state index in [4.69, 9.17) is 4.84 Å². The number of carbonyl (C=O) groups excluding carboxylic acids is 3. The topological polar surface area (TPSA) is 81.5 Å². The van der Waals surface area contributed by atoms with Crippen molar-refractivity contribution in [1.82, 2.24) is 14.8 Å². The van der Waals surface area contributed by atoms with Gasteiger partial charge in [-0.2, -0.15) is 5.10 Å². The Hall–Kier alpha value is -3.81. The molecule has 0 unspecified atom stereocenters. The number of halogens is 1. The molecule has 2 heterocycles. The lowest BCUT2D eigenvalue weighted by Gasteiger charge is -2.11. The molecule has 0 spiro atoms. The second kappa shape index (κ2) is 5.92. The van der Waals surface area contributed by atoms with E-state index in [1.54, 1.807) is 18.2 Å². The number of hydrogen-bond donors (Lipinski definition) is 0. The summed E-state index contributed by atoms with van der Waals surface area (Å²) in [5, 5.41) is 4.33. The van der Waals surface area contributed by atoms with E-state index < -0.39 is 23.6 Å². The fourth-order valence-corrected chi connectivity index (χ4v) is 2.58. The summed E-state index contributed by atoms with van der Waals surface area (Å²) < 4.78 is 15.0. The molecule has 0 radical (unpaired) electrons. The Balaban J connectivity index is 1.56. The summed E-state index contributed by atoms with van der Waals surface area (Å²) in [5.74, 6) is -2.98. The first-order chi connectivity index (χ1) is 12.6. The molecule has 0 saturated heterocycles. The smallest absolute Gasteiger partial charge is 0.322 e. The fourth-order valence-electron chi connectivity index (χ4n) is 2.58. The molecular formula is C18H10FN3O4. The summed E-state index contributed by atoms with van der Waals surface area (Å²) in [6, 6.07) is 13.3. The molecule has 3 aromatic rings. The van der Waals surface area contributed by atoms with Crippen molar-refractivity contribution in [2.24, 2.45) is 0 Å². The van der Waals surface area contributed by atoms with Crippen molar-refractivity contribution in [3.63, 3.8) is 0 Å². The standard InChI is InChI=1S/C18H10FN3O4/c19-13-7-3-4-8-15(13)21-10-9-14(20-21)18(25)26-22-16(23)11-5-1-2-6-12(11)17(22)24/h1-10H. The monoisotopic (exact) mass is 351 g/mol. The van der Waals surface area contributed by atoms with Crippen LogP contribution in [0.15, 0.2) is 60.8 Å². The number of imide groups is 1. The maximum Gasteiger partial charge on any atom is 0.384 e. The number of rotatable bonds is 3. The molecule has 2 amide bonds. The molecule has 0 saturated carbocycles. The quantitative estimate of drug-likeness (QED) is 0.677. The van der Waals surface area contributed by atoms with Crippen LogP contribution in [0, 0.1) is 5.82 Å². The van der Waals surface area contributed by atoms with Gasteiger partial charge in [0, 0.05) is 6.20 Å². The molecule has 0 fully saturated rings. The summed E-state index contributed by atoms with van der Waals surface area (Å²) >= 11 is 0. The fraction of sp³-hybridized carbons (Fsp3) is 0. The van der Waals surface area contributed by atoms with Gasteiger partial charge in [0.2, 0.25) is 0 Å². The van der Waals surface area contributed by atoms with E-state index in [1.165, 1.54) is 42.6 Å². The second-order valence-electron chi connectivity index (χ2n) is 5.43. The minimum absolute atomic E-state index is 0.146. The Morgan fingerprint density at radius 2 is 1.54 bits per heavy atom. The van der Waals surface area contributed by atoms with E-state index in [1.807, 2.05) is 0 Å². The van der Waals surface area contributed by atoms with E-state index in [0.29, 0.717) is 5.06 Å². The number of nitrogens with zero attached hydrogens (tertiary/aromatic N) is 3. The maximum absolute atomic E-state index is 13.8. The lowest BCUT2D eigenvalue weighted by Crippen LogP contribution is -2.32. The van der Waals surface area contributed by atoms with Crippen LogP contribution in [0.5, 0.6) is 0 Å². The van der Waals surface area contributed by atoms with Gasteiger partial charge in [0.1, 0.15) is 11.5 Å². The van der Waals surface area contributed by atoms with Crippen molar-refractivity contribution in [3.8, 4) is 5.69 Å². The highest BCUT2D eigenvalue weighted by atomic mass is 19.1. The molecule has 7 nitrogen and oxygen atoms in total. The molecule has 0 atom stereocenters. The molecule has 8 heteroatoms. The predicted molar refractivity (Wildman–Crippen MR) is 85.9 cm³/mol. The summed E-state index contributed by atoms with van der Waals surface area (Å²) in [6.07, 6.45) is 1.37. The van der Waals surface area contributed by atoms with Crippen LogP contribution < -0.4 is 0 Å². The zero-order valence-corrected chi connectivity index (χ0v) is 13.1. The molecule has 0 N–H and O–H groups in total. The molecule has 4 rings (SSSR count). The van der Waals surface area contributed by atoms with Crippen LogP contribution in [0.2, 0.25) is 0 Å². The highest BCUT2D eigenvalue weighted by Crippen LogP contribution is 2.23. The van der Waals surface area contributed by atoms with Crippen LogP contribution in [0.3, 0.4) is 0 Å². The van der Waals surface area contributed by atoms with Crippen molar-refractivity contribution >= 4 is 17.8 Å². The van der Waals surface area contributed by atoms with Crippen molar-refractivity contribution in [1.29, 1.82) is 0 Å². The van der Waals surface area contributed by atoms with Gasteiger partial charge in [-0.15, -0.1) is 0 Å². The van der Waals surface area contributed by atoms with Crippen LogP contribution in [0.1, 0.15) is 31.2 Å². The average molecular weight is 351 g/mol. The van der Waals surface area contributed by atoms with Gasteiger partial charge in [-0.3, -0.25) is 9.59 Å². The number of benzene rings is 2. The van der Waals surface area contributed by atoms with Crippen molar-refractivity contribution in [3.05, 3.63) is 83.4 Å². The summed E-state index contributed by atoms with van der Waals surface area (Å²) in [5.41, 5.74) is 0.279. The average Bonchev–Trinajstić information content (AvgIpc) is 3.23. The second-order valence-corrected chi connectivity index (χ2v) is 5.43.